The molecule has 4 saturated heterocycles. The van der Waals surface area contributed by atoms with Crippen LogP contribution >= 0.6 is 24.4 Å². The van der Waals surface area contributed by atoms with Gasteiger partial charge in [-0.2, -0.15) is 0 Å². The fraction of sp³-hybridized carbons (Fsp3) is 0.759. The molecule has 4 unspecified atom stereocenters. The number of likely N-dealkylation sites (N-methyl/N-ethyl adjacent to an activating group) is 2. The summed E-state index contributed by atoms with van der Waals surface area (Å²) in [5.41, 5.74) is -0.603. The van der Waals surface area contributed by atoms with Crippen molar-refractivity contribution in [3.05, 3.63) is 0 Å². The lowest BCUT2D eigenvalue weighted by molar-refractivity contribution is -0.121. The molecule has 0 bridgehead atoms. The van der Waals surface area contributed by atoms with Gasteiger partial charge >= 0.3 is 18.2 Å². The Hall–Kier alpha value is -3.19. The second kappa shape index (κ2) is 16.8. The summed E-state index contributed by atoms with van der Waals surface area (Å²) in [6.07, 6.45) is 1.68. The number of amides is 7. The van der Waals surface area contributed by atoms with Crippen molar-refractivity contribution in [2.45, 2.75) is 88.4 Å². The maximum atomic E-state index is 12.6. The summed E-state index contributed by atoms with van der Waals surface area (Å²) in [4.78, 5) is 64.4. The molecule has 0 aromatic heterocycles. The van der Waals surface area contributed by atoms with E-state index < -0.39 is 35.8 Å². The zero-order valence-corrected chi connectivity index (χ0v) is 29.7. The highest BCUT2D eigenvalue weighted by Gasteiger charge is 2.41. The number of hydrogen-bond donors (Lipinski definition) is 5. The van der Waals surface area contributed by atoms with Crippen LogP contribution in [-0.4, -0.2) is 151 Å². The summed E-state index contributed by atoms with van der Waals surface area (Å²) in [6, 6.07) is -2.10. The molecule has 16 nitrogen and oxygen atoms in total. The molecule has 5 N–H and O–H groups in total. The second-order valence-corrected chi connectivity index (χ2v) is 14.0. The predicted octanol–water partition coefficient (Wildman–Crippen LogP) is 0.0887. The van der Waals surface area contributed by atoms with E-state index in [2.05, 4.69) is 26.6 Å². The number of nitrogens with zero attached hydrogens (tertiary/aromatic N) is 3. The maximum absolute atomic E-state index is 12.6. The van der Waals surface area contributed by atoms with Gasteiger partial charge in [-0.25, -0.2) is 14.4 Å². The molecule has 0 radical (unpaired) electrons. The fourth-order valence-corrected chi connectivity index (χ4v) is 5.74. The smallest absolute Gasteiger partial charge is 0.410 e. The summed E-state index contributed by atoms with van der Waals surface area (Å²) >= 11 is 10.8. The van der Waals surface area contributed by atoms with Crippen molar-refractivity contribution in [1.82, 2.24) is 41.3 Å². The SMILES string of the molecule is CN(C)C(=S)C1CC(OCCC2NC(=O)NC2=O)CN1.CN(C)C(=S)[C@@H]1C[C@@H](OCCC2NC(=O)NC2=O)CN1C(=O)OC(C)(C)C. The van der Waals surface area contributed by atoms with Gasteiger partial charge in [-0.05, 0) is 27.2 Å². The Morgan fingerprint density at radius 3 is 1.79 bits per heavy atom. The summed E-state index contributed by atoms with van der Waals surface area (Å²) in [5, 5.41) is 12.8. The topological polar surface area (TPSA) is 183 Å². The average molecular weight is 701 g/mol. The summed E-state index contributed by atoms with van der Waals surface area (Å²) in [6.45, 7) is 7.27. The van der Waals surface area contributed by atoms with Gasteiger partial charge in [0.05, 0.1) is 35.8 Å². The fourth-order valence-electron chi connectivity index (χ4n) is 5.33. The van der Waals surface area contributed by atoms with E-state index in [0.717, 1.165) is 18.0 Å². The van der Waals surface area contributed by atoms with Crippen molar-refractivity contribution in [3.8, 4) is 0 Å². The molecule has 18 heteroatoms. The highest BCUT2D eigenvalue weighted by molar-refractivity contribution is 7.80. The Bertz CT molecular complexity index is 1210. The molecule has 0 aliphatic carbocycles. The Morgan fingerprint density at radius 1 is 0.830 bits per heavy atom. The van der Waals surface area contributed by atoms with Crippen molar-refractivity contribution < 1.29 is 38.2 Å². The maximum Gasteiger partial charge on any atom is 0.410 e. The molecule has 7 amide bonds. The number of urea groups is 2. The Labute approximate surface area is 286 Å². The first-order valence-corrected chi connectivity index (χ1v) is 16.4. The van der Waals surface area contributed by atoms with Gasteiger partial charge < -0.3 is 40.0 Å². The standard InChI is InChI=1S/C17H28N4O5S.C12H20N4O3S/c1-17(2,3)26-16(24)21-9-10(8-12(21)14(27)20(4)5)25-7-6-11-13(22)19-15(23)18-11;1-16(2)11(20)9-5-7(6-13-9)19-4-3-8-10(17)15-12(18)14-8/h10-12H,6-9H2,1-5H3,(H2,18,19,22,23);7-9,13H,3-6H2,1-2H3,(H2,14,15,17,18)/t10-,11?,12+;/m1./s1. The van der Waals surface area contributed by atoms with Crippen LogP contribution in [0.25, 0.3) is 0 Å². The van der Waals surface area contributed by atoms with Crippen LogP contribution in [0.15, 0.2) is 0 Å². The number of likely N-dealkylation sites (tertiary alicyclic amines) is 1. The first kappa shape index (κ1) is 38.3. The number of carbonyl (C=O) groups is 5. The largest absolute Gasteiger partial charge is 0.444 e. The molecule has 0 saturated carbocycles. The van der Waals surface area contributed by atoms with Gasteiger partial charge in [0.1, 0.15) is 22.7 Å². The van der Waals surface area contributed by atoms with E-state index in [1.807, 2.05) is 53.9 Å². The van der Waals surface area contributed by atoms with Gasteiger partial charge in [0.2, 0.25) is 0 Å². The first-order chi connectivity index (χ1) is 21.9. The molecule has 4 heterocycles. The third-order valence-corrected chi connectivity index (χ3v) is 8.97. The molecule has 4 aliphatic rings. The number of imide groups is 2. The van der Waals surface area contributed by atoms with E-state index in [1.54, 1.807) is 9.80 Å². The highest BCUT2D eigenvalue weighted by atomic mass is 32.1. The van der Waals surface area contributed by atoms with Crippen molar-refractivity contribution in [2.24, 2.45) is 0 Å². The molecule has 4 fully saturated rings. The molecule has 0 aromatic carbocycles. The van der Waals surface area contributed by atoms with Crippen LogP contribution in [0.1, 0.15) is 46.5 Å². The van der Waals surface area contributed by atoms with Gasteiger partial charge in [-0.3, -0.25) is 25.1 Å². The molecular weight excluding hydrogens is 653 g/mol. The number of rotatable bonds is 10. The first-order valence-electron chi connectivity index (χ1n) is 15.6. The van der Waals surface area contributed by atoms with Gasteiger partial charge in [0.15, 0.2) is 0 Å². The van der Waals surface area contributed by atoms with E-state index in [4.69, 9.17) is 38.6 Å². The Balaban J connectivity index is 0.000000267. The highest BCUT2D eigenvalue weighted by Crippen LogP contribution is 2.25. The monoisotopic (exact) mass is 700 g/mol. The lowest BCUT2D eigenvalue weighted by atomic mass is 10.2. The molecular formula is C29H48N8O8S2. The summed E-state index contributed by atoms with van der Waals surface area (Å²) < 4.78 is 17.1. The molecule has 6 atom stereocenters. The summed E-state index contributed by atoms with van der Waals surface area (Å²) in [7, 11) is 7.54. The number of thiocarbonyl (C=S) groups is 2. The number of hydrogen-bond acceptors (Lipinski definition) is 11. The van der Waals surface area contributed by atoms with Crippen molar-refractivity contribution in [3.63, 3.8) is 0 Å². The zero-order chi connectivity index (χ0) is 35.1. The minimum Gasteiger partial charge on any atom is -0.444 e. The van der Waals surface area contributed by atoms with Crippen LogP contribution in [-0.2, 0) is 23.8 Å². The van der Waals surface area contributed by atoms with Crippen LogP contribution in [0, 0.1) is 0 Å². The molecule has 0 spiro atoms. The third-order valence-electron chi connectivity index (χ3n) is 7.68. The second-order valence-electron chi connectivity index (χ2n) is 13.1. The molecule has 4 aliphatic heterocycles. The third kappa shape index (κ3) is 11.5. The number of carbonyl (C=O) groups excluding carboxylic acids is 5. The quantitative estimate of drug-likeness (QED) is 0.153. The van der Waals surface area contributed by atoms with Crippen molar-refractivity contribution in [1.29, 1.82) is 0 Å². The predicted molar refractivity (Wildman–Crippen MR) is 180 cm³/mol. The van der Waals surface area contributed by atoms with E-state index in [1.165, 1.54) is 0 Å². The van der Waals surface area contributed by atoms with E-state index in [9.17, 15) is 24.0 Å². The van der Waals surface area contributed by atoms with E-state index >= 15 is 0 Å². The van der Waals surface area contributed by atoms with Crippen LogP contribution in [0.4, 0.5) is 14.4 Å². The van der Waals surface area contributed by atoms with Crippen molar-refractivity contribution >= 4 is 64.4 Å². The van der Waals surface area contributed by atoms with E-state index in [0.29, 0.717) is 37.4 Å². The lowest BCUT2D eigenvalue weighted by Gasteiger charge is -2.30. The molecule has 4 rings (SSSR count). The van der Waals surface area contributed by atoms with Crippen LogP contribution in [0.5, 0.6) is 0 Å². The van der Waals surface area contributed by atoms with Crippen molar-refractivity contribution in [2.75, 3.05) is 54.5 Å². The van der Waals surface area contributed by atoms with Gasteiger partial charge in [0.25, 0.3) is 11.8 Å². The average Bonchev–Trinajstić information content (AvgIpc) is 3.74. The zero-order valence-electron chi connectivity index (χ0n) is 28.0. The van der Waals surface area contributed by atoms with Crippen LogP contribution < -0.4 is 26.6 Å². The van der Waals surface area contributed by atoms with Gasteiger partial charge in [0, 0.05) is 67.2 Å². The molecule has 264 valence electrons. The Morgan fingerprint density at radius 2 is 1.34 bits per heavy atom. The minimum atomic E-state index is -0.603. The van der Waals surface area contributed by atoms with E-state index in [-0.39, 0.29) is 42.7 Å². The number of nitrogens with one attached hydrogen (secondary N) is 5. The normalized spacial score (nSPS) is 26.9. The van der Waals surface area contributed by atoms with Gasteiger partial charge in [-0.1, -0.05) is 24.4 Å². The minimum absolute atomic E-state index is 0.0954. The molecule has 0 aromatic rings. The van der Waals surface area contributed by atoms with Crippen LogP contribution in [0.3, 0.4) is 0 Å². The molecule has 47 heavy (non-hydrogen) atoms. The van der Waals surface area contributed by atoms with Gasteiger partial charge in [-0.15, -0.1) is 0 Å². The number of ether oxygens (including phenoxy) is 3. The Kier molecular flexibility index (Phi) is 13.6. The lowest BCUT2D eigenvalue weighted by Crippen LogP contribution is -2.46. The summed E-state index contributed by atoms with van der Waals surface area (Å²) in [5.74, 6) is -0.633. The van der Waals surface area contributed by atoms with Crippen LogP contribution in [0.2, 0.25) is 0 Å².